The van der Waals surface area contributed by atoms with Gasteiger partial charge in [-0.2, -0.15) is 0 Å². The smallest absolute Gasteiger partial charge is 0.233 e. The number of amides is 2. The lowest BCUT2D eigenvalue weighted by Gasteiger charge is -2.11. The first-order valence-corrected chi connectivity index (χ1v) is 7.83. The Balaban J connectivity index is 1.80. The molecule has 2 amide bonds. The van der Waals surface area contributed by atoms with Gasteiger partial charge in [0.1, 0.15) is 12.2 Å². The minimum atomic E-state index is -0.380. The van der Waals surface area contributed by atoms with E-state index in [4.69, 9.17) is 0 Å². The molecule has 2 aromatic rings. The molecule has 0 aliphatic heterocycles. The average Bonchev–Trinajstić information content (AvgIpc) is 2.53. The van der Waals surface area contributed by atoms with Crippen LogP contribution >= 0.6 is 0 Å². The van der Waals surface area contributed by atoms with Gasteiger partial charge in [-0.05, 0) is 43.0 Å². The molecule has 0 aromatic heterocycles. The first-order chi connectivity index (χ1) is 11.5. The highest BCUT2D eigenvalue weighted by Gasteiger charge is 2.12. The highest BCUT2D eigenvalue weighted by atomic mass is 19.1. The van der Waals surface area contributed by atoms with Gasteiger partial charge in [-0.1, -0.05) is 36.4 Å². The fourth-order valence-electron chi connectivity index (χ4n) is 2.44. The van der Waals surface area contributed by atoms with Gasteiger partial charge >= 0.3 is 0 Å². The predicted molar refractivity (Wildman–Crippen MR) is 92.3 cm³/mol. The summed E-state index contributed by atoms with van der Waals surface area (Å²) < 4.78 is 13.5. The first kappa shape index (κ1) is 17.7. The number of rotatable bonds is 6. The zero-order valence-electron chi connectivity index (χ0n) is 13.9. The standard InChI is InChI=1S/C19H21FN2O2/c1-13-6-5-7-14(2)19(13)22-18(24)12-17(23)21-11-10-15-8-3-4-9-16(15)20/h3-9H,10-12H2,1-2H3,(H,21,23)(H,22,24). The maximum Gasteiger partial charge on any atom is 0.233 e. The Kier molecular flexibility index (Phi) is 6.07. The number of hydrogen-bond donors (Lipinski definition) is 2. The van der Waals surface area contributed by atoms with Gasteiger partial charge in [0.2, 0.25) is 11.8 Å². The molecule has 0 atom stereocenters. The quantitative estimate of drug-likeness (QED) is 0.801. The van der Waals surface area contributed by atoms with Crippen molar-refractivity contribution in [3.8, 4) is 0 Å². The molecule has 0 aliphatic rings. The molecule has 0 radical (unpaired) electrons. The van der Waals surface area contributed by atoms with Crippen molar-refractivity contribution in [1.29, 1.82) is 0 Å². The molecule has 2 rings (SSSR count). The third kappa shape index (κ3) is 4.91. The number of nitrogens with one attached hydrogen (secondary N) is 2. The molecule has 126 valence electrons. The van der Waals surface area contributed by atoms with Gasteiger partial charge < -0.3 is 10.6 Å². The van der Waals surface area contributed by atoms with Crippen molar-refractivity contribution in [2.24, 2.45) is 0 Å². The molecule has 5 heteroatoms. The SMILES string of the molecule is Cc1cccc(C)c1NC(=O)CC(=O)NCCc1ccccc1F. The van der Waals surface area contributed by atoms with E-state index in [2.05, 4.69) is 10.6 Å². The van der Waals surface area contributed by atoms with Gasteiger partial charge in [-0.25, -0.2) is 4.39 Å². The van der Waals surface area contributed by atoms with Crippen LogP contribution in [0.3, 0.4) is 0 Å². The number of para-hydroxylation sites is 1. The predicted octanol–water partition coefficient (Wildman–Crippen LogP) is 3.13. The number of carbonyl (C=O) groups is 2. The molecular formula is C19H21FN2O2. The molecule has 2 aromatic carbocycles. The van der Waals surface area contributed by atoms with Crippen molar-refractivity contribution >= 4 is 17.5 Å². The summed E-state index contributed by atoms with van der Waals surface area (Å²) in [5, 5.41) is 5.40. The summed E-state index contributed by atoms with van der Waals surface area (Å²) in [7, 11) is 0. The van der Waals surface area contributed by atoms with Crippen LogP contribution < -0.4 is 10.6 Å². The Morgan fingerprint density at radius 3 is 2.29 bits per heavy atom. The number of carbonyl (C=O) groups excluding carboxylic acids is 2. The number of anilines is 1. The topological polar surface area (TPSA) is 58.2 Å². The lowest BCUT2D eigenvalue weighted by atomic mass is 10.1. The summed E-state index contributed by atoms with van der Waals surface area (Å²) in [5.41, 5.74) is 3.17. The summed E-state index contributed by atoms with van der Waals surface area (Å²) in [6.07, 6.45) is 0.127. The minimum absolute atomic E-state index is 0.259. The molecule has 0 spiro atoms. The number of halogens is 1. The summed E-state index contributed by atoms with van der Waals surface area (Å²) >= 11 is 0. The number of hydrogen-bond acceptors (Lipinski definition) is 2. The summed E-state index contributed by atoms with van der Waals surface area (Å²) in [6, 6.07) is 12.1. The van der Waals surface area contributed by atoms with Gasteiger partial charge in [0.15, 0.2) is 0 Å². The van der Waals surface area contributed by atoms with E-state index in [9.17, 15) is 14.0 Å². The maximum absolute atomic E-state index is 13.5. The van der Waals surface area contributed by atoms with Crippen LogP contribution in [0.1, 0.15) is 23.1 Å². The van der Waals surface area contributed by atoms with Crippen LogP contribution in [0.25, 0.3) is 0 Å². The Morgan fingerprint density at radius 1 is 0.958 bits per heavy atom. The largest absolute Gasteiger partial charge is 0.355 e. The van der Waals surface area contributed by atoms with E-state index in [0.29, 0.717) is 12.0 Å². The Bertz CT molecular complexity index is 724. The van der Waals surface area contributed by atoms with E-state index in [0.717, 1.165) is 16.8 Å². The van der Waals surface area contributed by atoms with Gasteiger partial charge in [-0.3, -0.25) is 9.59 Å². The fourth-order valence-corrected chi connectivity index (χ4v) is 2.44. The molecule has 0 bridgehead atoms. The second kappa shape index (κ2) is 8.24. The lowest BCUT2D eigenvalue weighted by Crippen LogP contribution is -2.30. The minimum Gasteiger partial charge on any atom is -0.355 e. The van der Waals surface area contributed by atoms with E-state index >= 15 is 0 Å². The normalized spacial score (nSPS) is 10.3. The highest BCUT2D eigenvalue weighted by Crippen LogP contribution is 2.19. The van der Waals surface area contributed by atoms with Crippen molar-refractivity contribution in [2.45, 2.75) is 26.7 Å². The zero-order valence-corrected chi connectivity index (χ0v) is 13.9. The molecular weight excluding hydrogens is 307 g/mol. The van der Waals surface area contributed by atoms with Crippen LogP contribution in [-0.2, 0) is 16.0 Å². The lowest BCUT2D eigenvalue weighted by molar-refractivity contribution is -0.126. The Labute approximate surface area is 141 Å². The van der Waals surface area contributed by atoms with Gasteiger partial charge in [0.25, 0.3) is 0 Å². The van der Waals surface area contributed by atoms with Crippen LogP contribution in [0.15, 0.2) is 42.5 Å². The van der Waals surface area contributed by atoms with E-state index in [1.165, 1.54) is 6.07 Å². The Hall–Kier alpha value is -2.69. The molecule has 0 saturated carbocycles. The van der Waals surface area contributed by atoms with E-state index in [1.807, 2.05) is 32.0 Å². The van der Waals surface area contributed by atoms with Crippen molar-refractivity contribution in [3.05, 3.63) is 65.0 Å². The molecule has 0 heterocycles. The molecule has 4 nitrogen and oxygen atoms in total. The molecule has 24 heavy (non-hydrogen) atoms. The van der Waals surface area contributed by atoms with Crippen molar-refractivity contribution in [3.63, 3.8) is 0 Å². The van der Waals surface area contributed by atoms with E-state index < -0.39 is 0 Å². The molecule has 0 fully saturated rings. The average molecular weight is 328 g/mol. The first-order valence-electron chi connectivity index (χ1n) is 7.83. The second-order valence-electron chi connectivity index (χ2n) is 5.68. The van der Waals surface area contributed by atoms with Crippen molar-refractivity contribution in [2.75, 3.05) is 11.9 Å². The zero-order chi connectivity index (χ0) is 17.5. The highest BCUT2D eigenvalue weighted by molar-refractivity contribution is 6.04. The molecule has 0 aliphatic carbocycles. The third-order valence-electron chi connectivity index (χ3n) is 3.74. The molecule has 0 unspecified atom stereocenters. The van der Waals surface area contributed by atoms with Gasteiger partial charge in [0, 0.05) is 12.2 Å². The van der Waals surface area contributed by atoms with Gasteiger partial charge in [-0.15, -0.1) is 0 Å². The monoisotopic (exact) mass is 328 g/mol. The van der Waals surface area contributed by atoms with Crippen LogP contribution in [-0.4, -0.2) is 18.4 Å². The molecule has 2 N–H and O–H groups in total. The number of benzene rings is 2. The van der Waals surface area contributed by atoms with Crippen LogP contribution in [0.4, 0.5) is 10.1 Å². The van der Waals surface area contributed by atoms with E-state index in [-0.39, 0.29) is 30.6 Å². The van der Waals surface area contributed by atoms with Crippen LogP contribution in [0.5, 0.6) is 0 Å². The van der Waals surface area contributed by atoms with E-state index in [1.54, 1.807) is 18.2 Å². The van der Waals surface area contributed by atoms with Crippen molar-refractivity contribution < 1.29 is 14.0 Å². The summed E-state index contributed by atoms with van der Waals surface area (Å²) in [5.74, 6) is -1.04. The number of aryl methyl sites for hydroxylation is 2. The van der Waals surface area contributed by atoms with Crippen molar-refractivity contribution in [1.82, 2.24) is 5.32 Å². The molecule has 0 saturated heterocycles. The summed E-state index contributed by atoms with van der Waals surface area (Å²) in [6.45, 7) is 4.09. The maximum atomic E-state index is 13.5. The summed E-state index contributed by atoms with van der Waals surface area (Å²) in [4.78, 5) is 23.8. The van der Waals surface area contributed by atoms with Crippen LogP contribution in [0, 0.1) is 19.7 Å². The third-order valence-corrected chi connectivity index (χ3v) is 3.74. The second-order valence-corrected chi connectivity index (χ2v) is 5.68. The van der Waals surface area contributed by atoms with Gasteiger partial charge in [0.05, 0.1) is 0 Å². The fraction of sp³-hybridized carbons (Fsp3) is 0.263. The Morgan fingerprint density at radius 2 is 1.62 bits per heavy atom. The van der Waals surface area contributed by atoms with Crippen LogP contribution in [0.2, 0.25) is 0 Å².